The van der Waals surface area contributed by atoms with E-state index in [4.69, 9.17) is 0 Å². The van der Waals surface area contributed by atoms with Crippen molar-refractivity contribution in [1.29, 1.82) is 0 Å². The summed E-state index contributed by atoms with van der Waals surface area (Å²) in [7, 11) is 0. The number of aryl methyl sites for hydroxylation is 2. The van der Waals surface area contributed by atoms with Crippen molar-refractivity contribution in [1.82, 2.24) is 0 Å². The summed E-state index contributed by atoms with van der Waals surface area (Å²) in [6, 6.07) is 5.09. The van der Waals surface area contributed by atoms with E-state index in [2.05, 4.69) is 38.2 Å². The smallest absolute Gasteiger partial charge is 0.0486 e. The lowest BCUT2D eigenvalue weighted by molar-refractivity contribution is 0.891. The fourth-order valence-electron chi connectivity index (χ4n) is 1.77. The summed E-state index contributed by atoms with van der Waals surface area (Å²) in [5.41, 5.74) is 4.07. The number of nitrogens with one attached hydrogen (secondary N) is 1. The minimum absolute atomic E-state index is 0.596. The molecule has 1 aliphatic heterocycles. The molecule has 1 atom stereocenters. The maximum Gasteiger partial charge on any atom is 0.0486 e. The highest BCUT2D eigenvalue weighted by Gasteiger charge is 2.16. The molecule has 2 heteroatoms. The third-order valence-electron chi connectivity index (χ3n) is 2.30. The molecule has 1 nitrogen and oxygen atoms in total. The molecular formula is C11H15NS. The van der Waals surface area contributed by atoms with Crippen molar-refractivity contribution in [3.63, 3.8) is 0 Å². The van der Waals surface area contributed by atoms with Crippen LogP contribution in [-0.4, -0.2) is 11.8 Å². The van der Waals surface area contributed by atoms with Crippen LogP contribution in [0.25, 0.3) is 0 Å². The van der Waals surface area contributed by atoms with Gasteiger partial charge < -0.3 is 5.32 Å². The molecule has 1 aliphatic rings. The van der Waals surface area contributed by atoms with Crippen molar-refractivity contribution in [2.45, 2.75) is 31.7 Å². The van der Waals surface area contributed by atoms with Gasteiger partial charge in [0.25, 0.3) is 0 Å². The molecule has 0 fully saturated rings. The molecule has 0 aromatic heterocycles. The van der Waals surface area contributed by atoms with Gasteiger partial charge >= 0.3 is 0 Å². The van der Waals surface area contributed by atoms with Crippen LogP contribution in [-0.2, 0) is 0 Å². The Bertz CT molecular complexity index is 333. The van der Waals surface area contributed by atoms with E-state index in [-0.39, 0.29) is 0 Å². The third-order valence-corrected chi connectivity index (χ3v) is 3.80. The van der Waals surface area contributed by atoms with Gasteiger partial charge in [-0.2, -0.15) is 0 Å². The lowest BCUT2D eigenvalue weighted by Crippen LogP contribution is -2.22. The Morgan fingerprint density at radius 1 is 1.38 bits per heavy atom. The van der Waals surface area contributed by atoms with E-state index in [1.54, 1.807) is 0 Å². The van der Waals surface area contributed by atoms with E-state index in [9.17, 15) is 0 Å². The molecule has 0 radical (unpaired) electrons. The SMILES string of the molecule is Cc1cc(C)c2c(c1)NC(C)CS2. The molecule has 0 spiro atoms. The first-order valence-corrected chi connectivity index (χ1v) is 5.66. The Labute approximate surface area is 83.9 Å². The quantitative estimate of drug-likeness (QED) is 0.679. The molecular weight excluding hydrogens is 178 g/mol. The highest BCUT2D eigenvalue weighted by molar-refractivity contribution is 7.99. The van der Waals surface area contributed by atoms with Crippen LogP contribution < -0.4 is 5.32 Å². The molecule has 13 heavy (non-hydrogen) atoms. The van der Waals surface area contributed by atoms with Crippen molar-refractivity contribution in [2.75, 3.05) is 11.1 Å². The second-order valence-corrected chi connectivity index (χ2v) is 4.85. The number of anilines is 1. The highest BCUT2D eigenvalue weighted by Crippen LogP contribution is 2.36. The van der Waals surface area contributed by atoms with Crippen molar-refractivity contribution in [3.05, 3.63) is 23.3 Å². The molecule has 0 bridgehead atoms. The van der Waals surface area contributed by atoms with Gasteiger partial charge in [0.2, 0.25) is 0 Å². The van der Waals surface area contributed by atoms with Gasteiger partial charge in [-0.25, -0.2) is 0 Å². The van der Waals surface area contributed by atoms with E-state index in [0.717, 1.165) is 0 Å². The minimum Gasteiger partial charge on any atom is -0.381 e. The number of thioether (sulfide) groups is 1. The van der Waals surface area contributed by atoms with Crippen LogP contribution in [0.3, 0.4) is 0 Å². The molecule has 0 saturated heterocycles. The summed E-state index contributed by atoms with van der Waals surface area (Å²) in [5, 5.41) is 3.52. The predicted octanol–water partition coefficient (Wildman–Crippen LogP) is 3.21. The monoisotopic (exact) mass is 193 g/mol. The maximum absolute atomic E-state index is 3.52. The summed E-state index contributed by atoms with van der Waals surface area (Å²) in [6.45, 7) is 6.57. The summed E-state index contributed by atoms with van der Waals surface area (Å²) >= 11 is 1.97. The lowest BCUT2D eigenvalue weighted by atomic mass is 10.1. The molecule has 1 aromatic rings. The number of benzene rings is 1. The average molecular weight is 193 g/mol. The highest BCUT2D eigenvalue weighted by atomic mass is 32.2. The fourth-order valence-corrected chi connectivity index (χ4v) is 2.83. The normalized spacial score (nSPS) is 20.7. The average Bonchev–Trinajstić information content (AvgIpc) is 2.02. The third kappa shape index (κ3) is 1.68. The summed E-state index contributed by atoms with van der Waals surface area (Å²) < 4.78 is 0. The molecule has 0 saturated carbocycles. The number of hydrogen-bond donors (Lipinski definition) is 1. The van der Waals surface area contributed by atoms with Crippen molar-refractivity contribution >= 4 is 17.4 Å². The van der Waals surface area contributed by atoms with E-state index >= 15 is 0 Å². The Balaban J connectivity index is 2.47. The molecule has 0 amide bonds. The van der Waals surface area contributed by atoms with Crippen LogP contribution in [0.5, 0.6) is 0 Å². The van der Waals surface area contributed by atoms with Crippen LogP contribution >= 0.6 is 11.8 Å². The first kappa shape index (κ1) is 8.95. The van der Waals surface area contributed by atoms with Gasteiger partial charge in [0.1, 0.15) is 0 Å². The second kappa shape index (κ2) is 3.26. The molecule has 2 rings (SSSR count). The fraction of sp³-hybridized carbons (Fsp3) is 0.455. The van der Waals surface area contributed by atoms with Crippen molar-refractivity contribution in [2.24, 2.45) is 0 Å². The Morgan fingerprint density at radius 2 is 2.15 bits per heavy atom. The van der Waals surface area contributed by atoms with Gasteiger partial charge in [-0.15, -0.1) is 11.8 Å². The van der Waals surface area contributed by atoms with Gasteiger partial charge in [0.15, 0.2) is 0 Å². The van der Waals surface area contributed by atoms with Gasteiger partial charge in [-0.3, -0.25) is 0 Å². The summed E-state index contributed by atoms with van der Waals surface area (Å²) in [4.78, 5) is 1.43. The summed E-state index contributed by atoms with van der Waals surface area (Å²) in [5.74, 6) is 1.18. The zero-order valence-electron chi connectivity index (χ0n) is 8.35. The van der Waals surface area contributed by atoms with Crippen LogP contribution in [0.4, 0.5) is 5.69 Å². The van der Waals surface area contributed by atoms with E-state index < -0.39 is 0 Å². The first-order valence-electron chi connectivity index (χ1n) is 4.67. The van der Waals surface area contributed by atoms with Gasteiger partial charge in [0.05, 0.1) is 0 Å². The lowest BCUT2D eigenvalue weighted by Gasteiger charge is -2.25. The number of hydrogen-bond acceptors (Lipinski definition) is 2. The zero-order chi connectivity index (χ0) is 9.42. The van der Waals surface area contributed by atoms with E-state index in [0.29, 0.717) is 6.04 Å². The van der Waals surface area contributed by atoms with Gasteiger partial charge in [0, 0.05) is 22.4 Å². The van der Waals surface area contributed by atoms with Gasteiger partial charge in [-0.1, -0.05) is 6.07 Å². The zero-order valence-corrected chi connectivity index (χ0v) is 9.16. The Morgan fingerprint density at radius 3 is 2.92 bits per heavy atom. The molecule has 0 aliphatic carbocycles. The minimum atomic E-state index is 0.596. The molecule has 1 aromatic carbocycles. The Hall–Kier alpha value is -0.630. The van der Waals surface area contributed by atoms with Crippen LogP contribution in [0.2, 0.25) is 0 Å². The molecule has 1 unspecified atom stereocenters. The topological polar surface area (TPSA) is 12.0 Å². The summed E-state index contributed by atoms with van der Waals surface area (Å²) in [6.07, 6.45) is 0. The van der Waals surface area contributed by atoms with E-state index in [1.807, 2.05) is 11.8 Å². The molecule has 1 heterocycles. The number of fused-ring (bicyclic) bond motifs is 1. The second-order valence-electron chi connectivity index (χ2n) is 3.81. The van der Waals surface area contributed by atoms with E-state index in [1.165, 1.54) is 27.5 Å². The maximum atomic E-state index is 3.52. The first-order chi connectivity index (χ1) is 6.16. The van der Waals surface area contributed by atoms with Crippen LogP contribution in [0.15, 0.2) is 17.0 Å². The van der Waals surface area contributed by atoms with Crippen LogP contribution in [0, 0.1) is 13.8 Å². The number of rotatable bonds is 0. The Kier molecular flexibility index (Phi) is 2.24. The largest absolute Gasteiger partial charge is 0.381 e. The molecule has 70 valence electrons. The van der Waals surface area contributed by atoms with Crippen molar-refractivity contribution in [3.8, 4) is 0 Å². The predicted molar refractivity (Wildman–Crippen MR) is 59.7 cm³/mol. The molecule has 1 N–H and O–H groups in total. The van der Waals surface area contributed by atoms with Gasteiger partial charge in [-0.05, 0) is 38.0 Å². The van der Waals surface area contributed by atoms with Crippen LogP contribution in [0.1, 0.15) is 18.1 Å². The van der Waals surface area contributed by atoms with Crippen molar-refractivity contribution < 1.29 is 0 Å². The standard InChI is InChI=1S/C11H15NS/c1-7-4-8(2)11-10(5-7)12-9(3)6-13-11/h4-5,9,12H,6H2,1-3H3.